The first-order chi connectivity index (χ1) is 4.20. The molecule has 1 N–H and O–H groups in total. The van der Waals surface area contributed by atoms with E-state index in [2.05, 4.69) is 0 Å². The van der Waals surface area contributed by atoms with Gasteiger partial charge in [-0.25, -0.2) is 0 Å². The van der Waals surface area contributed by atoms with E-state index in [0.717, 1.165) is 0 Å². The van der Waals surface area contributed by atoms with Crippen LogP contribution in [0.2, 0.25) is 0 Å². The number of aromatic nitrogens is 1. The van der Waals surface area contributed by atoms with Crippen LogP contribution in [0.15, 0.2) is 6.20 Å². The number of carboxylic acids is 1. The fourth-order valence-corrected chi connectivity index (χ4v) is 0.630. The molecule has 0 fully saturated rings. The van der Waals surface area contributed by atoms with Gasteiger partial charge in [0, 0.05) is 0 Å². The molecule has 1 heterocycles. The number of carboxylic acid groups (broad SMARTS) is 1. The average molecular weight is 121 g/mol. The summed E-state index contributed by atoms with van der Waals surface area (Å²) in [5.74, 6) is -0.879. The number of nitrogens with zero attached hydrogens (tertiary/aromatic N) is 1. The topological polar surface area (TPSA) is 42.2 Å². The molecule has 3 nitrogen and oxygen atoms in total. The summed E-state index contributed by atoms with van der Waals surface area (Å²) in [5.41, 5.74) is 0.331. The predicted molar refractivity (Wildman–Crippen MR) is 35.1 cm³/mol. The standard InChI is InChI=1S/C4H5B2NO2/c1-7-2-3(4(8)9)5-6-7/h2H,1H3,(H,8,9). The molecule has 0 aromatic carbocycles. The molecule has 0 saturated carbocycles. The van der Waals surface area contributed by atoms with Crippen LogP contribution in [-0.2, 0) is 7.05 Å². The van der Waals surface area contributed by atoms with Gasteiger partial charge < -0.3 is 0 Å². The van der Waals surface area contributed by atoms with Crippen molar-refractivity contribution in [2.45, 2.75) is 0 Å². The summed E-state index contributed by atoms with van der Waals surface area (Å²) in [6.45, 7) is 3.26. The molecule has 44 valence electrons. The fraction of sp³-hybridized carbons (Fsp3) is 0.250. The van der Waals surface area contributed by atoms with Crippen LogP contribution in [0.5, 0.6) is 0 Å². The van der Waals surface area contributed by atoms with Crippen LogP contribution in [0.25, 0.3) is 0 Å². The van der Waals surface area contributed by atoms with Crippen molar-refractivity contribution in [3.05, 3.63) is 11.7 Å². The summed E-state index contributed by atoms with van der Waals surface area (Å²) < 4.78 is 1.70. The maximum absolute atomic E-state index is 10.2. The quantitative estimate of drug-likeness (QED) is 0.538. The molecule has 0 amide bonds. The third-order valence-electron chi connectivity index (χ3n) is 1.08. The Labute approximate surface area is 53.7 Å². The van der Waals surface area contributed by atoms with Gasteiger partial charge in [-0.15, -0.1) is 0 Å². The van der Waals surface area contributed by atoms with E-state index in [1.165, 1.54) is 0 Å². The van der Waals surface area contributed by atoms with Crippen molar-refractivity contribution in [1.29, 1.82) is 0 Å². The SMILES string of the molecule is Cn1bbc(C(=O)O)c1. The summed E-state index contributed by atoms with van der Waals surface area (Å²) in [5, 5.41) is 8.38. The summed E-state index contributed by atoms with van der Waals surface area (Å²) in [4.78, 5) is 10.2. The van der Waals surface area contributed by atoms with Crippen molar-refractivity contribution in [3.63, 3.8) is 0 Å². The van der Waals surface area contributed by atoms with E-state index in [4.69, 9.17) is 5.11 Å². The zero-order valence-electron chi connectivity index (χ0n) is 5.03. The number of aryl methyl sites for hydroxylation is 1. The second kappa shape index (κ2) is 2.17. The molecular formula is C4H5B2NO2. The molecule has 0 unspecified atom stereocenters. The number of carbonyl (C=O) groups is 1. The number of rotatable bonds is 1. The molecule has 0 radical (unpaired) electrons. The van der Waals surface area contributed by atoms with Gasteiger partial charge in [-0.2, -0.15) is 0 Å². The zero-order valence-corrected chi connectivity index (χ0v) is 5.03. The van der Waals surface area contributed by atoms with Crippen molar-refractivity contribution in [2.75, 3.05) is 0 Å². The van der Waals surface area contributed by atoms with Gasteiger partial charge in [0.1, 0.15) is 0 Å². The van der Waals surface area contributed by atoms with E-state index >= 15 is 0 Å². The minimum absolute atomic E-state index is 0.331. The van der Waals surface area contributed by atoms with Crippen LogP contribution >= 0.6 is 0 Å². The van der Waals surface area contributed by atoms with Gasteiger partial charge in [0.25, 0.3) is 0 Å². The Kier molecular flexibility index (Phi) is 1.51. The van der Waals surface area contributed by atoms with E-state index in [1.54, 1.807) is 31.5 Å². The summed E-state index contributed by atoms with van der Waals surface area (Å²) in [7, 11) is 1.78. The Bertz CT molecular complexity index is 232. The Balaban J connectivity index is 2.98. The molecule has 0 atom stereocenters. The van der Waals surface area contributed by atoms with Crippen LogP contribution in [0, 0.1) is 0 Å². The Hall–Kier alpha value is -0.860. The molecule has 0 aliphatic rings. The average Bonchev–Trinajstić information content (AvgIpc) is 2.14. The van der Waals surface area contributed by atoms with Crippen molar-refractivity contribution in [2.24, 2.45) is 7.05 Å². The van der Waals surface area contributed by atoms with Crippen LogP contribution in [-0.4, -0.2) is 29.3 Å². The van der Waals surface area contributed by atoms with Crippen molar-refractivity contribution < 1.29 is 9.90 Å². The van der Waals surface area contributed by atoms with Crippen LogP contribution in [0.4, 0.5) is 0 Å². The van der Waals surface area contributed by atoms with Crippen LogP contribution in [0.3, 0.4) is 0 Å². The molecule has 0 saturated heterocycles. The molecule has 9 heavy (non-hydrogen) atoms. The molecule has 1 aromatic heterocycles. The molecule has 1 rings (SSSR count). The first-order valence-corrected chi connectivity index (χ1v) is 2.55. The van der Waals surface area contributed by atoms with E-state index in [9.17, 15) is 4.79 Å². The second-order valence-corrected chi connectivity index (χ2v) is 1.87. The normalized spacial score (nSPS) is 8.56. The third kappa shape index (κ3) is 1.28. The third-order valence-corrected chi connectivity index (χ3v) is 1.08. The fourth-order valence-electron chi connectivity index (χ4n) is 0.630. The molecule has 0 bridgehead atoms. The molecule has 0 aliphatic carbocycles. The summed E-state index contributed by atoms with van der Waals surface area (Å²) in [6.07, 6.45) is 1.56. The zero-order chi connectivity index (χ0) is 6.85. The molecule has 1 aromatic rings. The van der Waals surface area contributed by atoms with Crippen LogP contribution in [0.1, 0.15) is 10.3 Å². The maximum atomic E-state index is 10.2. The van der Waals surface area contributed by atoms with Crippen molar-refractivity contribution >= 4 is 19.7 Å². The summed E-state index contributed by atoms with van der Waals surface area (Å²) >= 11 is 0. The van der Waals surface area contributed by atoms with Gasteiger partial charge in [-0.1, -0.05) is 0 Å². The van der Waals surface area contributed by atoms with Gasteiger partial charge >= 0.3 is 52.8 Å². The van der Waals surface area contributed by atoms with Crippen LogP contribution < -0.4 is 0 Å². The number of hydrogen-bond donors (Lipinski definition) is 1. The van der Waals surface area contributed by atoms with E-state index < -0.39 is 5.97 Å². The Morgan fingerprint density at radius 2 is 2.56 bits per heavy atom. The number of aromatic carboxylic acids is 1. The second-order valence-electron chi connectivity index (χ2n) is 1.87. The van der Waals surface area contributed by atoms with E-state index in [0.29, 0.717) is 5.46 Å². The van der Waals surface area contributed by atoms with Gasteiger partial charge in [-0.3, -0.25) is 0 Å². The molecular weight excluding hydrogens is 116 g/mol. The predicted octanol–water partition coefficient (Wildman–Crippen LogP) is -0.601. The Morgan fingerprint density at radius 1 is 1.89 bits per heavy atom. The molecule has 5 heteroatoms. The molecule has 0 spiro atoms. The Morgan fingerprint density at radius 3 is 2.78 bits per heavy atom. The van der Waals surface area contributed by atoms with Gasteiger partial charge in [0.15, 0.2) is 0 Å². The van der Waals surface area contributed by atoms with Gasteiger partial charge in [0.05, 0.1) is 0 Å². The first kappa shape index (κ1) is 6.26. The van der Waals surface area contributed by atoms with E-state index in [-0.39, 0.29) is 0 Å². The van der Waals surface area contributed by atoms with Crippen molar-refractivity contribution in [3.8, 4) is 0 Å². The monoisotopic (exact) mass is 121 g/mol. The van der Waals surface area contributed by atoms with Gasteiger partial charge in [-0.05, 0) is 0 Å². The summed E-state index contributed by atoms with van der Waals surface area (Å²) in [6, 6.07) is 0. The first-order valence-electron chi connectivity index (χ1n) is 2.55. The number of hydrogen-bond acceptors (Lipinski definition) is 1. The van der Waals surface area contributed by atoms with E-state index in [1.807, 2.05) is 0 Å². The van der Waals surface area contributed by atoms with Gasteiger partial charge in [0.2, 0.25) is 0 Å². The van der Waals surface area contributed by atoms with Crippen molar-refractivity contribution in [1.82, 2.24) is 4.47 Å². The minimum atomic E-state index is -0.879. The molecule has 0 aliphatic heterocycles.